The Balaban J connectivity index is 1.65. The lowest BCUT2D eigenvalue weighted by Crippen LogP contribution is -2.38. The summed E-state index contributed by atoms with van der Waals surface area (Å²) >= 11 is 3.34. The van der Waals surface area contributed by atoms with E-state index in [0.29, 0.717) is 34.9 Å². The number of hydrogen-bond acceptors (Lipinski definition) is 4. The first-order valence-electron chi connectivity index (χ1n) is 11.1. The summed E-state index contributed by atoms with van der Waals surface area (Å²) in [6, 6.07) is 13.5. The molecule has 0 radical (unpaired) electrons. The summed E-state index contributed by atoms with van der Waals surface area (Å²) in [4.78, 5) is 26.3. The summed E-state index contributed by atoms with van der Waals surface area (Å²) in [5.41, 5.74) is 1.17. The molecule has 1 aromatic heterocycles. The molecule has 0 atom stereocenters. The average molecular weight is 547 g/mol. The molecule has 0 bridgehead atoms. The van der Waals surface area contributed by atoms with Crippen molar-refractivity contribution in [2.45, 2.75) is 31.6 Å². The number of nitrogens with one attached hydrogen (secondary N) is 1. The van der Waals surface area contributed by atoms with Crippen LogP contribution in [0, 0.1) is 12.8 Å². The van der Waals surface area contributed by atoms with Crippen molar-refractivity contribution in [3.63, 3.8) is 0 Å². The van der Waals surface area contributed by atoms with Crippen molar-refractivity contribution in [2.24, 2.45) is 13.0 Å². The van der Waals surface area contributed by atoms with Crippen LogP contribution in [0.2, 0.25) is 0 Å². The van der Waals surface area contributed by atoms with Gasteiger partial charge in [-0.25, -0.2) is 13.1 Å². The monoisotopic (exact) mass is 546 g/mol. The van der Waals surface area contributed by atoms with E-state index >= 15 is 0 Å². The van der Waals surface area contributed by atoms with E-state index in [-0.39, 0.29) is 21.7 Å². The average Bonchev–Trinajstić information content (AvgIpc) is 3.02. The molecular weight excluding hydrogens is 520 g/mol. The summed E-state index contributed by atoms with van der Waals surface area (Å²) in [6.07, 6.45) is 1.61. The Labute approximate surface area is 207 Å². The molecule has 1 amide bonds. The molecule has 180 valence electrons. The lowest BCUT2D eigenvalue weighted by atomic mass is 10.0. The summed E-state index contributed by atoms with van der Waals surface area (Å²) in [5, 5.41) is 2.69. The van der Waals surface area contributed by atoms with Gasteiger partial charge in [0.2, 0.25) is 10.0 Å². The fraction of sp³-hybridized carbons (Fsp3) is 0.333. The van der Waals surface area contributed by atoms with Crippen LogP contribution in [0.5, 0.6) is 0 Å². The highest BCUT2D eigenvalue weighted by Crippen LogP contribution is 2.27. The van der Waals surface area contributed by atoms with Crippen LogP contribution < -0.4 is 10.9 Å². The molecule has 0 aliphatic carbocycles. The second kappa shape index (κ2) is 9.52. The lowest BCUT2D eigenvalue weighted by Gasteiger charge is -2.29. The third-order valence-corrected chi connectivity index (χ3v) is 8.64. The zero-order chi connectivity index (χ0) is 24.6. The van der Waals surface area contributed by atoms with E-state index in [2.05, 4.69) is 28.2 Å². The first-order valence-corrected chi connectivity index (χ1v) is 13.3. The summed E-state index contributed by atoms with van der Waals surface area (Å²) in [7, 11) is -2.00. The number of anilines is 1. The highest BCUT2D eigenvalue weighted by molar-refractivity contribution is 9.10. The molecule has 0 spiro atoms. The predicted molar refractivity (Wildman–Crippen MR) is 135 cm³/mol. The third kappa shape index (κ3) is 4.62. The molecular formula is C24H27BrN4O4S. The summed E-state index contributed by atoms with van der Waals surface area (Å²) in [6.45, 7) is 4.77. The van der Waals surface area contributed by atoms with Crippen molar-refractivity contribution in [1.29, 1.82) is 0 Å². The van der Waals surface area contributed by atoms with Crippen LogP contribution in [0.3, 0.4) is 0 Å². The van der Waals surface area contributed by atoms with Crippen molar-refractivity contribution in [1.82, 2.24) is 13.7 Å². The lowest BCUT2D eigenvalue weighted by molar-refractivity contribution is 0.102. The molecule has 2 aromatic carbocycles. The molecule has 0 saturated carbocycles. The van der Waals surface area contributed by atoms with Crippen molar-refractivity contribution in [3.8, 4) is 5.69 Å². The number of hydrogen-bond donors (Lipinski definition) is 1. The van der Waals surface area contributed by atoms with Gasteiger partial charge in [0, 0.05) is 30.2 Å². The fourth-order valence-corrected chi connectivity index (χ4v) is 6.30. The minimum atomic E-state index is -3.74. The highest BCUT2D eigenvalue weighted by Gasteiger charge is 2.29. The number of carbonyl (C=O) groups is 1. The Hall–Kier alpha value is -2.69. The van der Waals surface area contributed by atoms with Gasteiger partial charge in [-0.1, -0.05) is 41.1 Å². The molecule has 10 heteroatoms. The second-order valence-corrected chi connectivity index (χ2v) is 11.5. The first kappa shape index (κ1) is 24.4. The minimum Gasteiger partial charge on any atom is -0.316 e. The van der Waals surface area contributed by atoms with Crippen LogP contribution in [-0.2, 0) is 17.1 Å². The maximum absolute atomic E-state index is 13.2. The molecule has 1 saturated heterocycles. The number of amides is 1. The largest absolute Gasteiger partial charge is 0.316 e. The summed E-state index contributed by atoms with van der Waals surface area (Å²) in [5.74, 6) is -0.0691. The maximum atomic E-state index is 13.2. The predicted octanol–water partition coefficient (Wildman–Crippen LogP) is 3.92. The highest BCUT2D eigenvalue weighted by atomic mass is 79.9. The second-order valence-electron chi connectivity index (χ2n) is 8.65. The normalized spacial score (nSPS) is 15.4. The van der Waals surface area contributed by atoms with Gasteiger partial charge in [-0.3, -0.25) is 14.3 Å². The molecule has 8 nitrogen and oxygen atoms in total. The van der Waals surface area contributed by atoms with E-state index in [0.717, 1.165) is 12.8 Å². The molecule has 34 heavy (non-hydrogen) atoms. The molecule has 4 rings (SSSR count). The number of piperidine rings is 1. The Morgan fingerprint density at radius 2 is 1.74 bits per heavy atom. The van der Waals surface area contributed by atoms with Crippen molar-refractivity contribution < 1.29 is 13.2 Å². The Bertz CT molecular complexity index is 1390. The smallest absolute Gasteiger partial charge is 0.295 e. The summed E-state index contributed by atoms with van der Waals surface area (Å²) < 4.78 is 31.5. The number of halogens is 1. The molecule has 0 unspecified atom stereocenters. The topological polar surface area (TPSA) is 93.4 Å². The first-order chi connectivity index (χ1) is 16.1. The molecule has 3 aromatic rings. The van der Waals surface area contributed by atoms with Gasteiger partial charge in [0.1, 0.15) is 5.69 Å². The fourth-order valence-electron chi connectivity index (χ4n) is 4.12. The Kier molecular flexibility index (Phi) is 6.84. The van der Waals surface area contributed by atoms with E-state index in [1.807, 2.05) is 18.2 Å². The Morgan fingerprint density at radius 3 is 2.38 bits per heavy atom. The zero-order valence-electron chi connectivity index (χ0n) is 19.3. The number of para-hydroxylation sites is 1. The van der Waals surface area contributed by atoms with E-state index in [1.54, 1.807) is 36.9 Å². The van der Waals surface area contributed by atoms with Crippen LogP contribution in [0.15, 0.2) is 62.7 Å². The SMILES string of the molecule is Cc1c(NC(=O)c2cc(Br)cc(S(=O)(=O)N3CCC(C)CC3)c2)c(=O)n(-c2ccccc2)n1C. The van der Waals surface area contributed by atoms with Gasteiger partial charge in [0.25, 0.3) is 11.5 Å². The standard InChI is InChI=1S/C24H27BrN4O4S/c1-16-9-11-28(12-10-16)34(32,33)21-14-18(13-19(25)15-21)23(30)26-22-17(2)27(3)29(24(22)31)20-7-5-4-6-8-20/h4-8,13-16H,9-12H2,1-3H3,(H,26,30). The number of sulfonamides is 1. The number of aromatic nitrogens is 2. The van der Waals surface area contributed by atoms with Crippen LogP contribution >= 0.6 is 15.9 Å². The molecule has 1 aliphatic rings. The van der Waals surface area contributed by atoms with Crippen molar-refractivity contribution in [2.75, 3.05) is 18.4 Å². The molecule has 1 fully saturated rings. The number of rotatable bonds is 5. The van der Waals surface area contributed by atoms with Gasteiger partial charge in [0.05, 0.1) is 16.3 Å². The molecule has 1 N–H and O–H groups in total. The van der Waals surface area contributed by atoms with Crippen molar-refractivity contribution in [3.05, 3.63) is 74.6 Å². The number of carbonyl (C=O) groups excluding carboxylic acids is 1. The van der Waals surface area contributed by atoms with Gasteiger partial charge >= 0.3 is 0 Å². The van der Waals surface area contributed by atoms with E-state index in [9.17, 15) is 18.0 Å². The van der Waals surface area contributed by atoms with Gasteiger partial charge in [0.15, 0.2) is 0 Å². The van der Waals surface area contributed by atoms with E-state index in [4.69, 9.17) is 0 Å². The van der Waals surface area contributed by atoms with E-state index < -0.39 is 15.9 Å². The maximum Gasteiger partial charge on any atom is 0.295 e. The number of nitrogens with zero attached hydrogens (tertiary/aromatic N) is 3. The quantitative estimate of drug-likeness (QED) is 0.524. The van der Waals surface area contributed by atoms with E-state index in [1.165, 1.54) is 21.1 Å². The molecule has 1 aliphatic heterocycles. The van der Waals surface area contributed by atoms with Gasteiger partial charge in [-0.05, 0) is 56.0 Å². The minimum absolute atomic E-state index is 0.0491. The zero-order valence-corrected chi connectivity index (χ0v) is 21.7. The van der Waals surface area contributed by atoms with Gasteiger partial charge in [-0.2, -0.15) is 4.31 Å². The third-order valence-electron chi connectivity index (χ3n) is 6.31. The molecule has 2 heterocycles. The van der Waals surface area contributed by atoms with Gasteiger partial charge < -0.3 is 5.32 Å². The van der Waals surface area contributed by atoms with Gasteiger partial charge in [-0.15, -0.1) is 0 Å². The number of benzene rings is 2. The van der Waals surface area contributed by atoms with Crippen LogP contribution in [-0.4, -0.2) is 41.1 Å². The van der Waals surface area contributed by atoms with Crippen molar-refractivity contribution >= 4 is 37.5 Å². The van der Waals surface area contributed by atoms with Crippen LogP contribution in [0.1, 0.15) is 35.8 Å². The van der Waals surface area contributed by atoms with Crippen LogP contribution in [0.25, 0.3) is 5.69 Å². The Morgan fingerprint density at radius 1 is 1.09 bits per heavy atom. The van der Waals surface area contributed by atoms with Crippen LogP contribution in [0.4, 0.5) is 5.69 Å².